The summed E-state index contributed by atoms with van der Waals surface area (Å²) in [6.45, 7) is 1.95. The molecule has 5 aromatic carbocycles. The van der Waals surface area contributed by atoms with Crippen molar-refractivity contribution in [3.05, 3.63) is 168 Å². The van der Waals surface area contributed by atoms with Gasteiger partial charge in [-0.1, -0.05) is 108 Å². The van der Waals surface area contributed by atoms with E-state index in [-0.39, 0.29) is 0 Å². The van der Waals surface area contributed by atoms with Crippen LogP contribution in [0.5, 0.6) is 0 Å². The normalized spacial score (nSPS) is 11.4. The van der Waals surface area contributed by atoms with E-state index in [0.29, 0.717) is 5.44 Å². The van der Waals surface area contributed by atoms with E-state index < -0.39 is 7.80 Å². The van der Waals surface area contributed by atoms with Crippen LogP contribution in [-0.2, 0) is 4.57 Å². The van der Waals surface area contributed by atoms with Gasteiger partial charge in [0.2, 0.25) is 5.30 Å². The number of benzene rings is 5. The lowest BCUT2D eigenvalue weighted by Gasteiger charge is -2.25. The van der Waals surface area contributed by atoms with Crippen LogP contribution in [0.25, 0.3) is 23.3 Å². The molecule has 1 atom stereocenters. The number of aryl methyl sites for hydroxylation is 1. The summed E-state index contributed by atoms with van der Waals surface area (Å²) in [4.78, 5) is 6.66. The van der Waals surface area contributed by atoms with E-state index in [1.165, 1.54) is 0 Å². The third-order valence-electron chi connectivity index (χ3n) is 7.17. The summed E-state index contributed by atoms with van der Waals surface area (Å²) in [5.41, 5.74) is 9.14. The molecule has 0 spiro atoms. The van der Waals surface area contributed by atoms with Crippen molar-refractivity contribution in [1.29, 1.82) is 0 Å². The smallest absolute Gasteiger partial charge is 0.311 e. The lowest BCUT2D eigenvalue weighted by atomic mass is 10.0. The fraction of sp³-hybridized carbons (Fsp3) is 0.0263. The van der Waals surface area contributed by atoms with Crippen molar-refractivity contribution in [3.63, 3.8) is 0 Å². The monoisotopic (exact) mass is 561 g/mol. The molecule has 6 aromatic rings. The topological polar surface area (TPSA) is 33.2 Å². The van der Waals surface area contributed by atoms with Gasteiger partial charge in [-0.05, 0) is 78.2 Å². The summed E-state index contributed by atoms with van der Waals surface area (Å²) in [7, 11) is -1.80. The van der Waals surface area contributed by atoms with E-state index in [9.17, 15) is 4.57 Å². The van der Waals surface area contributed by atoms with Gasteiger partial charge in [0, 0.05) is 34.4 Å². The van der Waals surface area contributed by atoms with E-state index in [1.807, 2.05) is 55.5 Å². The van der Waals surface area contributed by atoms with Crippen LogP contribution < -0.4 is 15.6 Å². The number of pyridine rings is 1. The van der Waals surface area contributed by atoms with Gasteiger partial charge in [0.25, 0.3) is 5.44 Å². The molecule has 202 valence electrons. The van der Waals surface area contributed by atoms with Crippen LogP contribution in [0.1, 0.15) is 16.7 Å². The van der Waals surface area contributed by atoms with E-state index >= 15 is 0 Å². The summed E-state index contributed by atoms with van der Waals surface area (Å²) < 4.78 is 13.5. The Labute approximate surface area is 248 Å². The van der Waals surface area contributed by atoms with E-state index in [1.54, 1.807) is 6.20 Å². The lowest BCUT2D eigenvalue weighted by molar-refractivity contribution is 0.597. The molecule has 0 amide bonds. The van der Waals surface area contributed by atoms with Crippen molar-refractivity contribution >= 4 is 47.8 Å². The molecule has 1 unspecified atom stereocenters. The molecule has 0 aliphatic rings. The second-order valence-corrected chi connectivity index (χ2v) is 11.5. The molecule has 0 N–H and O–H groups in total. The quantitative estimate of drug-likeness (QED) is 0.137. The van der Waals surface area contributed by atoms with E-state index in [0.717, 1.165) is 50.2 Å². The standard InChI is InChI=1S/C38H30N2OP/c1-29-11-10-28-39-38(29)42(41)37-17-9-8-16-36(37)32-24-20-30(21-25-32)18-19-31-22-26-35(27-23-31)40(33-12-4-2-5-13-33)34-14-6-3-7-15-34/h2-28H,1H3/q+1. The van der Waals surface area contributed by atoms with Crippen molar-refractivity contribution in [3.8, 4) is 11.1 Å². The van der Waals surface area contributed by atoms with Crippen molar-refractivity contribution in [2.75, 3.05) is 4.90 Å². The highest BCUT2D eigenvalue weighted by Gasteiger charge is 2.30. The van der Waals surface area contributed by atoms with Gasteiger partial charge in [0.1, 0.15) is 0 Å². The van der Waals surface area contributed by atoms with Gasteiger partial charge >= 0.3 is 7.80 Å². The molecule has 0 aliphatic carbocycles. The highest BCUT2D eigenvalue weighted by molar-refractivity contribution is 7.61. The fourth-order valence-corrected chi connectivity index (χ4v) is 6.44. The largest absolute Gasteiger partial charge is 0.436 e. The molecule has 0 bridgehead atoms. The summed E-state index contributed by atoms with van der Waals surface area (Å²) >= 11 is 0. The third kappa shape index (κ3) is 5.98. The molecule has 42 heavy (non-hydrogen) atoms. The van der Waals surface area contributed by atoms with E-state index in [2.05, 4.69) is 119 Å². The first-order valence-corrected chi connectivity index (χ1v) is 15.2. The first-order chi connectivity index (χ1) is 20.7. The fourth-order valence-electron chi connectivity index (χ4n) is 5.00. The summed E-state index contributed by atoms with van der Waals surface area (Å²) in [6, 6.07) is 49.5. The molecule has 1 aromatic heterocycles. The van der Waals surface area contributed by atoms with Crippen LogP contribution in [0.15, 0.2) is 152 Å². The number of nitrogens with zero attached hydrogens (tertiary/aromatic N) is 2. The maximum absolute atomic E-state index is 13.5. The van der Waals surface area contributed by atoms with Crippen molar-refractivity contribution < 1.29 is 4.57 Å². The zero-order chi connectivity index (χ0) is 28.7. The summed E-state index contributed by atoms with van der Waals surface area (Å²) in [6.07, 6.45) is 5.95. The Bertz CT molecular complexity index is 1790. The number of anilines is 3. The van der Waals surface area contributed by atoms with Gasteiger partial charge in [-0.25, -0.2) is 4.98 Å². The van der Waals surface area contributed by atoms with Gasteiger partial charge in [-0.3, -0.25) is 0 Å². The summed E-state index contributed by atoms with van der Waals surface area (Å²) in [5.74, 6) is 0. The molecule has 0 aliphatic heterocycles. The van der Waals surface area contributed by atoms with Gasteiger partial charge < -0.3 is 4.90 Å². The molecular formula is C38H30N2OP+. The zero-order valence-electron chi connectivity index (χ0n) is 23.3. The molecule has 0 saturated heterocycles. The molecule has 0 fully saturated rings. The minimum Gasteiger partial charge on any atom is -0.311 e. The highest BCUT2D eigenvalue weighted by Crippen LogP contribution is 2.34. The Kier molecular flexibility index (Phi) is 8.12. The van der Waals surface area contributed by atoms with Gasteiger partial charge in [0.15, 0.2) is 0 Å². The number of aromatic nitrogens is 1. The Balaban J connectivity index is 1.21. The predicted molar refractivity (Wildman–Crippen MR) is 178 cm³/mol. The predicted octanol–water partition coefficient (Wildman–Crippen LogP) is 9.48. The van der Waals surface area contributed by atoms with Crippen molar-refractivity contribution in [2.45, 2.75) is 6.92 Å². The average Bonchev–Trinajstić information content (AvgIpc) is 3.06. The van der Waals surface area contributed by atoms with Gasteiger partial charge in [0.05, 0.1) is 0 Å². The molecule has 0 radical (unpaired) electrons. The Morgan fingerprint density at radius 3 is 1.69 bits per heavy atom. The van der Waals surface area contributed by atoms with Crippen LogP contribution in [-0.4, -0.2) is 4.98 Å². The van der Waals surface area contributed by atoms with Crippen molar-refractivity contribution in [2.24, 2.45) is 0 Å². The number of para-hydroxylation sites is 2. The second kappa shape index (κ2) is 12.6. The van der Waals surface area contributed by atoms with Crippen LogP contribution in [0, 0.1) is 6.92 Å². The maximum Gasteiger partial charge on any atom is 0.436 e. The van der Waals surface area contributed by atoms with Crippen LogP contribution in [0.4, 0.5) is 17.1 Å². The third-order valence-corrected chi connectivity index (χ3v) is 8.85. The van der Waals surface area contributed by atoms with Crippen LogP contribution >= 0.6 is 7.80 Å². The number of hydrogen-bond acceptors (Lipinski definition) is 3. The first-order valence-electron chi connectivity index (χ1n) is 13.9. The first kappa shape index (κ1) is 27.1. The Morgan fingerprint density at radius 2 is 1.10 bits per heavy atom. The van der Waals surface area contributed by atoms with Crippen LogP contribution in [0.2, 0.25) is 0 Å². The zero-order valence-corrected chi connectivity index (χ0v) is 24.2. The Hall–Kier alpha value is -5.11. The number of hydrogen-bond donors (Lipinski definition) is 0. The lowest BCUT2D eigenvalue weighted by Crippen LogP contribution is -2.14. The molecule has 4 heteroatoms. The minimum absolute atomic E-state index is 0.640. The highest BCUT2D eigenvalue weighted by atomic mass is 31.1. The SMILES string of the molecule is Cc1cccnc1[P+](=O)c1ccccc1-c1ccc(C=Cc2ccc(N(c3ccccc3)c3ccccc3)cc2)cc1. The molecule has 0 saturated carbocycles. The molecule has 3 nitrogen and oxygen atoms in total. The summed E-state index contributed by atoms with van der Waals surface area (Å²) in [5, 5.41) is 0.803. The van der Waals surface area contributed by atoms with E-state index in [4.69, 9.17) is 0 Å². The second-order valence-electron chi connectivity index (χ2n) is 10.0. The number of rotatable bonds is 8. The molecule has 1 heterocycles. The molecular weight excluding hydrogens is 531 g/mol. The maximum atomic E-state index is 13.5. The minimum atomic E-state index is -1.80. The van der Waals surface area contributed by atoms with Crippen LogP contribution in [0.3, 0.4) is 0 Å². The van der Waals surface area contributed by atoms with Crippen molar-refractivity contribution in [1.82, 2.24) is 4.98 Å². The van der Waals surface area contributed by atoms with Gasteiger partial charge in [-0.2, -0.15) is 0 Å². The molecule has 6 rings (SSSR count). The Morgan fingerprint density at radius 1 is 0.571 bits per heavy atom. The van der Waals surface area contributed by atoms with Gasteiger partial charge in [-0.15, -0.1) is 0 Å². The average molecular weight is 562 g/mol.